The predicted molar refractivity (Wildman–Crippen MR) is 84.2 cm³/mol. The third kappa shape index (κ3) is 4.07. The summed E-state index contributed by atoms with van der Waals surface area (Å²) in [4.78, 5) is 12.1. The van der Waals surface area contributed by atoms with Gasteiger partial charge in [-0.05, 0) is 30.7 Å². The van der Waals surface area contributed by atoms with Gasteiger partial charge in [0.2, 0.25) is 0 Å². The molecule has 0 heterocycles. The van der Waals surface area contributed by atoms with Gasteiger partial charge in [0.1, 0.15) is 5.75 Å². The molecule has 2 aromatic carbocycles. The average Bonchev–Trinajstić information content (AvgIpc) is 2.47. The molecule has 21 heavy (non-hydrogen) atoms. The predicted octanol–water partition coefficient (Wildman–Crippen LogP) is 3.42. The van der Waals surface area contributed by atoms with Crippen molar-refractivity contribution < 1.29 is 9.53 Å². The van der Waals surface area contributed by atoms with Crippen molar-refractivity contribution in [1.29, 1.82) is 0 Å². The lowest BCUT2D eigenvalue weighted by Gasteiger charge is -2.07. The second-order valence-corrected chi connectivity index (χ2v) is 4.89. The van der Waals surface area contributed by atoms with Crippen LogP contribution in [0.5, 0.6) is 5.75 Å². The normalized spacial score (nSPS) is 10.6. The molecule has 1 N–H and O–H groups in total. The molecule has 1 amide bonds. The van der Waals surface area contributed by atoms with Gasteiger partial charge >= 0.3 is 0 Å². The fraction of sp³-hybridized carbons (Fsp3) is 0.125. The van der Waals surface area contributed by atoms with Crippen molar-refractivity contribution in [2.75, 3.05) is 7.11 Å². The van der Waals surface area contributed by atoms with Crippen LogP contribution in [-0.2, 0) is 0 Å². The number of ether oxygens (including phenoxy) is 1. The van der Waals surface area contributed by atoms with Crippen LogP contribution in [0.2, 0.25) is 5.02 Å². The monoisotopic (exact) mass is 302 g/mol. The molecule has 2 rings (SSSR count). The van der Waals surface area contributed by atoms with Crippen molar-refractivity contribution >= 4 is 23.7 Å². The Labute approximate surface area is 128 Å². The van der Waals surface area contributed by atoms with Gasteiger partial charge in [0, 0.05) is 5.02 Å². The Kier molecular flexibility index (Phi) is 4.95. The van der Waals surface area contributed by atoms with E-state index in [-0.39, 0.29) is 5.91 Å². The zero-order valence-electron chi connectivity index (χ0n) is 11.8. The topological polar surface area (TPSA) is 50.7 Å². The van der Waals surface area contributed by atoms with E-state index in [1.54, 1.807) is 18.3 Å². The first kappa shape index (κ1) is 15.1. The first-order valence-corrected chi connectivity index (χ1v) is 6.71. The minimum atomic E-state index is -0.377. The molecule has 0 saturated heterocycles. The van der Waals surface area contributed by atoms with Gasteiger partial charge in [-0.1, -0.05) is 41.4 Å². The van der Waals surface area contributed by atoms with E-state index in [9.17, 15) is 4.79 Å². The second-order valence-electron chi connectivity index (χ2n) is 4.46. The lowest BCUT2D eigenvalue weighted by molar-refractivity contribution is 0.0952. The summed E-state index contributed by atoms with van der Waals surface area (Å²) < 4.78 is 5.13. The molecule has 0 radical (unpaired) electrons. The fourth-order valence-electron chi connectivity index (χ4n) is 1.83. The standard InChI is InChI=1S/C16H15ClN2O2/c1-11-4-3-5-12(8-11)10-18-19-16(20)14-9-13(17)6-7-15(14)21-2/h3-10H,1-2H3,(H,19,20)/b18-10+. The molecule has 0 atom stereocenters. The Hall–Kier alpha value is -2.33. The third-order valence-corrected chi connectivity index (χ3v) is 3.06. The fourth-order valence-corrected chi connectivity index (χ4v) is 2.01. The number of halogens is 1. The average molecular weight is 303 g/mol. The molecule has 5 heteroatoms. The Morgan fingerprint density at radius 2 is 2.10 bits per heavy atom. The van der Waals surface area contributed by atoms with Crippen molar-refractivity contribution in [2.45, 2.75) is 6.92 Å². The number of hydrogen-bond acceptors (Lipinski definition) is 3. The van der Waals surface area contributed by atoms with E-state index < -0.39 is 0 Å². The van der Waals surface area contributed by atoms with Gasteiger partial charge in [-0.15, -0.1) is 0 Å². The molecule has 108 valence electrons. The summed E-state index contributed by atoms with van der Waals surface area (Å²) in [5, 5.41) is 4.40. The van der Waals surface area contributed by atoms with E-state index in [0.717, 1.165) is 11.1 Å². The number of amides is 1. The van der Waals surface area contributed by atoms with E-state index in [2.05, 4.69) is 10.5 Å². The van der Waals surface area contributed by atoms with E-state index >= 15 is 0 Å². The highest BCUT2D eigenvalue weighted by Gasteiger charge is 2.11. The number of carbonyl (C=O) groups is 1. The van der Waals surface area contributed by atoms with Gasteiger partial charge in [0.05, 0.1) is 18.9 Å². The summed E-state index contributed by atoms with van der Waals surface area (Å²) in [5.74, 6) is 0.0703. The van der Waals surface area contributed by atoms with Crippen molar-refractivity contribution in [3.05, 3.63) is 64.2 Å². The molecule has 4 nitrogen and oxygen atoms in total. The smallest absolute Gasteiger partial charge is 0.275 e. The minimum Gasteiger partial charge on any atom is -0.496 e. The molecule has 2 aromatic rings. The van der Waals surface area contributed by atoms with Crippen molar-refractivity contribution in [2.24, 2.45) is 5.10 Å². The van der Waals surface area contributed by atoms with Crippen LogP contribution in [0.4, 0.5) is 0 Å². The van der Waals surface area contributed by atoms with E-state index in [0.29, 0.717) is 16.3 Å². The molecular formula is C16H15ClN2O2. The number of carbonyl (C=O) groups excluding carboxylic acids is 1. The molecule has 0 aliphatic heterocycles. The van der Waals surface area contributed by atoms with Crippen LogP contribution in [0.3, 0.4) is 0 Å². The van der Waals surface area contributed by atoms with Crippen molar-refractivity contribution in [1.82, 2.24) is 5.43 Å². The highest BCUT2D eigenvalue weighted by atomic mass is 35.5. The van der Waals surface area contributed by atoms with E-state index in [1.807, 2.05) is 31.2 Å². The van der Waals surface area contributed by atoms with Crippen LogP contribution in [0.25, 0.3) is 0 Å². The SMILES string of the molecule is COc1ccc(Cl)cc1C(=O)N/N=C/c1cccc(C)c1. The minimum absolute atomic E-state index is 0.339. The van der Waals surface area contributed by atoms with Crippen LogP contribution in [0, 0.1) is 6.92 Å². The molecular weight excluding hydrogens is 288 g/mol. The van der Waals surface area contributed by atoms with E-state index in [4.69, 9.17) is 16.3 Å². The van der Waals surface area contributed by atoms with Gasteiger partial charge in [-0.25, -0.2) is 5.43 Å². The highest BCUT2D eigenvalue weighted by molar-refractivity contribution is 6.31. The van der Waals surface area contributed by atoms with Gasteiger partial charge in [-0.2, -0.15) is 5.10 Å². The summed E-state index contributed by atoms with van der Waals surface area (Å²) >= 11 is 5.89. The first-order chi connectivity index (χ1) is 10.1. The number of aryl methyl sites for hydroxylation is 1. The maximum atomic E-state index is 12.1. The maximum absolute atomic E-state index is 12.1. The van der Waals surface area contributed by atoms with Crippen LogP contribution in [-0.4, -0.2) is 19.2 Å². The van der Waals surface area contributed by atoms with E-state index in [1.165, 1.54) is 13.2 Å². The van der Waals surface area contributed by atoms with Crippen LogP contribution >= 0.6 is 11.6 Å². The zero-order valence-corrected chi connectivity index (χ0v) is 12.5. The largest absolute Gasteiger partial charge is 0.496 e. The molecule has 0 bridgehead atoms. The molecule has 0 aromatic heterocycles. The number of nitrogens with one attached hydrogen (secondary N) is 1. The zero-order chi connectivity index (χ0) is 15.2. The first-order valence-electron chi connectivity index (χ1n) is 6.34. The van der Waals surface area contributed by atoms with Gasteiger partial charge in [0.25, 0.3) is 5.91 Å². The number of methoxy groups -OCH3 is 1. The van der Waals surface area contributed by atoms with Crippen LogP contribution in [0.1, 0.15) is 21.5 Å². The summed E-state index contributed by atoms with van der Waals surface area (Å²) in [7, 11) is 1.50. The van der Waals surface area contributed by atoms with Gasteiger partial charge in [0.15, 0.2) is 0 Å². The van der Waals surface area contributed by atoms with Gasteiger partial charge < -0.3 is 4.74 Å². The highest BCUT2D eigenvalue weighted by Crippen LogP contribution is 2.22. The maximum Gasteiger partial charge on any atom is 0.275 e. The number of hydrogen-bond donors (Lipinski definition) is 1. The number of hydrazone groups is 1. The molecule has 0 aliphatic rings. The molecule has 0 aliphatic carbocycles. The Balaban J connectivity index is 2.10. The number of nitrogens with zero attached hydrogens (tertiary/aromatic N) is 1. The third-order valence-electron chi connectivity index (χ3n) is 2.83. The summed E-state index contributed by atoms with van der Waals surface area (Å²) in [5.41, 5.74) is 4.84. The number of rotatable bonds is 4. The van der Waals surface area contributed by atoms with Crippen LogP contribution < -0.4 is 10.2 Å². The van der Waals surface area contributed by atoms with Crippen molar-refractivity contribution in [3.63, 3.8) is 0 Å². The Morgan fingerprint density at radius 3 is 2.81 bits per heavy atom. The summed E-state index contributed by atoms with van der Waals surface area (Å²) in [6, 6.07) is 12.6. The Morgan fingerprint density at radius 1 is 1.29 bits per heavy atom. The molecule has 0 saturated carbocycles. The molecule has 0 fully saturated rings. The number of benzene rings is 2. The lowest BCUT2D eigenvalue weighted by Crippen LogP contribution is -2.18. The summed E-state index contributed by atoms with van der Waals surface area (Å²) in [6.07, 6.45) is 1.59. The lowest BCUT2D eigenvalue weighted by atomic mass is 10.2. The van der Waals surface area contributed by atoms with Gasteiger partial charge in [-0.3, -0.25) is 4.79 Å². The second kappa shape index (κ2) is 6.90. The molecule has 0 unspecified atom stereocenters. The molecule has 0 spiro atoms. The quantitative estimate of drug-likeness (QED) is 0.695. The summed E-state index contributed by atoms with van der Waals surface area (Å²) in [6.45, 7) is 1.99. The van der Waals surface area contributed by atoms with Crippen molar-refractivity contribution in [3.8, 4) is 5.75 Å². The Bertz CT molecular complexity index is 684. The van der Waals surface area contributed by atoms with Crippen LogP contribution in [0.15, 0.2) is 47.6 Å².